The molecule has 1 aromatic rings. The lowest BCUT2D eigenvalue weighted by molar-refractivity contribution is -0.135. The molecule has 2 aliphatic heterocycles. The smallest absolute Gasteiger partial charge is 0.242 e. The number of likely N-dealkylation sites (N-methyl/N-ethyl adjacent to an activating group) is 1. The van der Waals surface area contributed by atoms with Crippen LogP contribution in [-0.4, -0.2) is 78.9 Å². The Morgan fingerprint density at radius 3 is 2.62 bits per heavy atom. The van der Waals surface area contributed by atoms with Crippen molar-refractivity contribution in [1.29, 1.82) is 0 Å². The van der Waals surface area contributed by atoms with E-state index in [4.69, 9.17) is 0 Å². The topological polar surface area (TPSA) is 55.9 Å². The highest BCUT2D eigenvalue weighted by Gasteiger charge is 2.31. The Morgan fingerprint density at radius 2 is 1.88 bits per heavy atom. The summed E-state index contributed by atoms with van der Waals surface area (Å²) in [6, 6.07) is 6.36. The second-order valence-corrected chi connectivity index (χ2v) is 7.12. The van der Waals surface area contributed by atoms with E-state index in [1.165, 1.54) is 6.07 Å². The average Bonchev–Trinajstić information content (AvgIpc) is 3.10. The molecule has 0 saturated carbocycles. The molecule has 1 aromatic carbocycles. The Hall–Kier alpha value is -1.99. The predicted molar refractivity (Wildman–Crippen MR) is 96.9 cm³/mol. The standard InChI is InChI=1S/C19H27FN4O2/c1-22-9-11-23(12-10-22)18(25)13-21-19(26)17-7-4-8-24(17)14-15-5-2-3-6-16(15)20/h2-3,5-6,17H,4,7-14H2,1H3,(H,21,26). The van der Waals surface area contributed by atoms with Gasteiger partial charge in [0.2, 0.25) is 11.8 Å². The number of benzene rings is 1. The minimum absolute atomic E-state index is 0.0343. The third-order valence-corrected chi connectivity index (χ3v) is 5.27. The van der Waals surface area contributed by atoms with Gasteiger partial charge in [0.05, 0.1) is 12.6 Å². The molecule has 1 N–H and O–H groups in total. The molecule has 0 aromatic heterocycles. The molecule has 2 aliphatic rings. The summed E-state index contributed by atoms with van der Waals surface area (Å²) < 4.78 is 13.9. The summed E-state index contributed by atoms with van der Waals surface area (Å²) >= 11 is 0. The maximum atomic E-state index is 13.9. The lowest BCUT2D eigenvalue weighted by Gasteiger charge is -2.32. The first-order chi connectivity index (χ1) is 12.5. The highest BCUT2D eigenvalue weighted by Crippen LogP contribution is 2.21. The van der Waals surface area contributed by atoms with Gasteiger partial charge in [0, 0.05) is 38.3 Å². The molecule has 0 radical (unpaired) electrons. The van der Waals surface area contributed by atoms with Gasteiger partial charge >= 0.3 is 0 Å². The van der Waals surface area contributed by atoms with E-state index >= 15 is 0 Å². The normalized spacial score (nSPS) is 21.8. The number of carbonyl (C=O) groups excluding carboxylic acids is 2. The monoisotopic (exact) mass is 362 g/mol. The lowest BCUT2D eigenvalue weighted by atomic mass is 10.1. The highest BCUT2D eigenvalue weighted by atomic mass is 19.1. The van der Waals surface area contributed by atoms with Crippen LogP contribution in [0.4, 0.5) is 4.39 Å². The van der Waals surface area contributed by atoms with Gasteiger partial charge in [-0.1, -0.05) is 18.2 Å². The number of piperazine rings is 1. The number of carbonyl (C=O) groups is 2. The van der Waals surface area contributed by atoms with E-state index in [-0.39, 0.29) is 30.2 Å². The molecular formula is C19H27FN4O2. The SMILES string of the molecule is CN1CCN(C(=O)CNC(=O)C2CCCN2Cc2ccccc2F)CC1. The van der Waals surface area contributed by atoms with Crippen molar-refractivity contribution in [2.24, 2.45) is 0 Å². The van der Waals surface area contributed by atoms with E-state index in [0.29, 0.717) is 25.2 Å². The highest BCUT2D eigenvalue weighted by molar-refractivity contribution is 5.87. The molecule has 2 amide bonds. The fourth-order valence-electron chi connectivity index (χ4n) is 3.61. The van der Waals surface area contributed by atoms with Crippen LogP contribution in [0.3, 0.4) is 0 Å². The molecule has 1 unspecified atom stereocenters. The molecule has 0 spiro atoms. The Morgan fingerprint density at radius 1 is 1.15 bits per heavy atom. The van der Waals surface area contributed by atoms with Crippen LogP contribution < -0.4 is 5.32 Å². The van der Waals surface area contributed by atoms with Gasteiger partial charge in [0.1, 0.15) is 5.82 Å². The molecule has 7 heteroatoms. The first kappa shape index (κ1) is 18.8. The zero-order chi connectivity index (χ0) is 18.5. The molecular weight excluding hydrogens is 335 g/mol. The summed E-state index contributed by atoms with van der Waals surface area (Å²) in [5.74, 6) is -0.421. The van der Waals surface area contributed by atoms with Crippen LogP contribution in [0.2, 0.25) is 0 Å². The van der Waals surface area contributed by atoms with Crippen LogP contribution in [-0.2, 0) is 16.1 Å². The minimum Gasteiger partial charge on any atom is -0.346 e. The van der Waals surface area contributed by atoms with Crippen LogP contribution in [0.1, 0.15) is 18.4 Å². The lowest BCUT2D eigenvalue weighted by Crippen LogP contribution is -2.51. The second-order valence-electron chi connectivity index (χ2n) is 7.12. The Kier molecular flexibility index (Phi) is 6.21. The number of nitrogens with one attached hydrogen (secondary N) is 1. The van der Waals surface area contributed by atoms with Gasteiger partial charge in [0.25, 0.3) is 0 Å². The maximum absolute atomic E-state index is 13.9. The van der Waals surface area contributed by atoms with Crippen molar-refractivity contribution in [3.8, 4) is 0 Å². The summed E-state index contributed by atoms with van der Waals surface area (Å²) in [6.45, 7) is 4.34. The fraction of sp³-hybridized carbons (Fsp3) is 0.579. The van der Waals surface area contributed by atoms with Crippen molar-refractivity contribution in [2.45, 2.75) is 25.4 Å². The van der Waals surface area contributed by atoms with E-state index < -0.39 is 0 Å². The van der Waals surface area contributed by atoms with E-state index in [2.05, 4.69) is 10.2 Å². The van der Waals surface area contributed by atoms with Crippen LogP contribution in [0, 0.1) is 5.82 Å². The summed E-state index contributed by atoms with van der Waals surface area (Å²) in [5.41, 5.74) is 0.598. The second kappa shape index (κ2) is 8.60. The Bertz CT molecular complexity index is 646. The molecule has 0 aliphatic carbocycles. The number of hydrogen-bond acceptors (Lipinski definition) is 4. The Balaban J connectivity index is 1.50. The number of amides is 2. The zero-order valence-corrected chi connectivity index (χ0v) is 15.3. The predicted octanol–water partition coefficient (Wildman–Crippen LogP) is 0.680. The fourth-order valence-corrected chi connectivity index (χ4v) is 3.61. The molecule has 1 atom stereocenters. The molecule has 3 rings (SSSR count). The van der Waals surface area contributed by atoms with Gasteiger partial charge in [-0.25, -0.2) is 4.39 Å². The van der Waals surface area contributed by atoms with E-state index in [9.17, 15) is 14.0 Å². The average molecular weight is 362 g/mol. The van der Waals surface area contributed by atoms with Gasteiger partial charge in [-0.3, -0.25) is 14.5 Å². The van der Waals surface area contributed by atoms with Crippen LogP contribution in [0.5, 0.6) is 0 Å². The summed E-state index contributed by atoms with van der Waals surface area (Å²) in [5, 5.41) is 2.78. The summed E-state index contributed by atoms with van der Waals surface area (Å²) in [7, 11) is 2.04. The zero-order valence-electron chi connectivity index (χ0n) is 15.3. The van der Waals surface area contributed by atoms with Crippen molar-refractivity contribution in [1.82, 2.24) is 20.0 Å². The van der Waals surface area contributed by atoms with Crippen LogP contribution in [0.15, 0.2) is 24.3 Å². The van der Waals surface area contributed by atoms with E-state index in [0.717, 1.165) is 32.5 Å². The number of nitrogens with zero attached hydrogens (tertiary/aromatic N) is 3. The molecule has 6 nitrogen and oxygen atoms in total. The van der Waals surface area contributed by atoms with Gasteiger partial charge in [-0.15, -0.1) is 0 Å². The van der Waals surface area contributed by atoms with Crippen molar-refractivity contribution in [3.63, 3.8) is 0 Å². The number of hydrogen-bond donors (Lipinski definition) is 1. The Labute approximate surface area is 153 Å². The number of halogens is 1. The van der Waals surface area contributed by atoms with Gasteiger partial charge in [-0.05, 0) is 32.5 Å². The summed E-state index contributed by atoms with van der Waals surface area (Å²) in [6.07, 6.45) is 1.64. The molecule has 2 heterocycles. The van der Waals surface area contributed by atoms with Crippen molar-refractivity contribution in [3.05, 3.63) is 35.6 Å². The minimum atomic E-state index is -0.296. The van der Waals surface area contributed by atoms with Crippen molar-refractivity contribution >= 4 is 11.8 Å². The molecule has 2 fully saturated rings. The molecule has 142 valence electrons. The number of likely N-dealkylation sites (tertiary alicyclic amines) is 1. The summed E-state index contributed by atoms with van der Waals surface area (Å²) in [4.78, 5) is 30.8. The van der Waals surface area contributed by atoms with Gasteiger partial charge in [-0.2, -0.15) is 0 Å². The van der Waals surface area contributed by atoms with Gasteiger partial charge in [0.15, 0.2) is 0 Å². The number of rotatable bonds is 5. The first-order valence-electron chi connectivity index (χ1n) is 9.26. The third-order valence-electron chi connectivity index (χ3n) is 5.27. The van der Waals surface area contributed by atoms with Crippen molar-refractivity contribution in [2.75, 3.05) is 46.3 Å². The molecule has 26 heavy (non-hydrogen) atoms. The van der Waals surface area contributed by atoms with E-state index in [1.807, 2.05) is 11.9 Å². The third kappa shape index (κ3) is 4.59. The quantitative estimate of drug-likeness (QED) is 0.837. The molecule has 0 bridgehead atoms. The maximum Gasteiger partial charge on any atom is 0.242 e. The van der Waals surface area contributed by atoms with Gasteiger partial charge < -0.3 is 15.1 Å². The van der Waals surface area contributed by atoms with Crippen LogP contribution >= 0.6 is 0 Å². The molecule has 2 saturated heterocycles. The largest absolute Gasteiger partial charge is 0.346 e. The van der Waals surface area contributed by atoms with Crippen molar-refractivity contribution < 1.29 is 14.0 Å². The first-order valence-corrected chi connectivity index (χ1v) is 9.26. The van der Waals surface area contributed by atoms with Crippen LogP contribution in [0.25, 0.3) is 0 Å². The van der Waals surface area contributed by atoms with E-state index in [1.54, 1.807) is 23.1 Å².